The number of nitrogens with one attached hydrogen (secondary N) is 1. The van der Waals surface area contributed by atoms with Crippen LogP contribution in [0.5, 0.6) is 0 Å². The normalized spacial score (nSPS) is 11.1. The highest BCUT2D eigenvalue weighted by Crippen LogP contribution is 2.33. The van der Waals surface area contributed by atoms with Crippen LogP contribution in [0.2, 0.25) is 15.1 Å². The molecule has 3 aromatic carbocycles. The minimum Gasteiger partial charge on any atom is -0.435 e. The third-order valence-corrected chi connectivity index (χ3v) is 5.48. The smallest absolute Gasteiger partial charge is 0.255 e. The summed E-state index contributed by atoms with van der Waals surface area (Å²) in [7, 11) is 0. The first-order valence-corrected chi connectivity index (χ1v) is 9.89. The molecule has 0 aliphatic carbocycles. The van der Waals surface area contributed by atoms with E-state index in [4.69, 9.17) is 39.2 Å². The molecule has 0 bridgehead atoms. The molecular formula is C22H15Cl3N2O2. The summed E-state index contributed by atoms with van der Waals surface area (Å²) in [5.74, 6) is 0.137. The summed E-state index contributed by atoms with van der Waals surface area (Å²) >= 11 is 18.4. The number of carbonyl (C=O) groups excluding carboxylic acids is 1. The lowest BCUT2D eigenvalue weighted by atomic mass is 10.1. The van der Waals surface area contributed by atoms with Crippen molar-refractivity contribution in [2.24, 2.45) is 0 Å². The summed E-state index contributed by atoms with van der Waals surface area (Å²) < 4.78 is 5.82. The molecular weight excluding hydrogens is 431 g/mol. The maximum absolute atomic E-state index is 12.7. The Bertz CT molecular complexity index is 1260. The van der Waals surface area contributed by atoms with Crippen molar-refractivity contribution < 1.29 is 9.21 Å². The van der Waals surface area contributed by atoms with Crippen LogP contribution in [-0.2, 0) is 0 Å². The number of anilines is 1. The number of rotatable bonds is 3. The summed E-state index contributed by atoms with van der Waals surface area (Å²) in [6.45, 7) is 3.79. The van der Waals surface area contributed by atoms with Gasteiger partial charge in [0.1, 0.15) is 5.52 Å². The number of halogens is 3. The molecule has 0 unspecified atom stereocenters. The van der Waals surface area contributed by atoms with Crippen molar-refractivity contribution >= 4 is 57.5 Å². The second kappa shape index (κ2) is 7.71. The molecule has 1 N–H and O–H groups in total. The Balaban J connectivity index is 1.68. The average Bonchev–Trinajstić information content (AvgIpc) is 3.10. The lowest BCUT2D eigenvalue weighted by Gasteiger charge is -2.10. The van der Waals surface area contributed by atoms with Crippen molar-refractivity contribution in [3.63, 3.8) is 0 Å². The van der Waals surface area contributed by atoms with Crippen LogP contribution in [0.3, 0.4) is 0 Å². The van der Waals surface area contributed by atoms with Crippen molar-refractivity contribution in [2.75, 3.05) is 5.32 Å². The highest BCUT2D eigenvalue weighted by Gasteiger charge is 2.15. The monoisotopic (exact) mass is 444 g/mol. The Hall–Kier alpha value is -2.53. The van der Waals surface area contributed by atoms with Crippen LogP contribution >= 0.6 is 34.8 Å². The first kappa shape index (κ1) is 19.8. The molecule has 29 heavy (non-hydrogen) atoms. The summed E-state index contributed by atoms with van der Waals surface area (Å²) in [5, 5.41) is 4.34. The van der Waals surface area contributed by atoms with Gasteiger partial charge in [0.15, 0.2) is 5.58 Å². The van der Waals surface area contributed by atoms with E-state index in [1.54, 1.807) is 24.3 Å². The van der Waals surface area contributed by atoms with Gasteiger partial charge in [0.25, 0.3) is 5.91 Å². The third-order valence-electron chi connectivity index (χ3n) is 4.58. The molecule has 7 heteroatoms. The first-order chi connectivity index (χ1) is 13.8. The number of fused-ring (bicyclic) bond motifs is 1. The molecule has 0 fully saturated rings. The zero-order valence-electron chi connectivity index (χ0n) is 15.5. The molecule has 0 aliphatic heterocycles. The fraction of sp³-hybridized carbons (Fsp3) is 0.0909. The SMILES string of the molecule is Cc1ccc(C(=O)Nc2cc(-c3nc4cc(Cl)cc(Cl)c4o3)ccc2C)cc1Cl. The minimum atomic E-state index is -0.250. The van der Waals surface area contributed by atoms with Gasteiger partial charge in [-0.1, -0.05) is 46.9 Å². The zero-order chi connectivity index (χ0) is 20.7. The van der Waals surface area contributed by atoms with Gasteiger partial charge in [-0.05, 0) is 61.4 Å². The molecule has 0 saturated heterocycles. The maximum Gasteiger partial charge on any atom is 0.255 e. The molecule has 0 spiro atoms. The largest absolute Gasteiger partial charge is 0.435 e. The van der Waals surface area contributed by atoms with E-state index in [1.807, 2.05) is 38.1 Å². The second-order valence-electron chi connectivity index (χ2n) is 6.70. The number of benzene rings is 3. The number of carbonyl (C=O) groups is 1. The Labute approximate surface area is 182 Å². The minimum absolute atomic E-state index is 0.250. The maximum atomic E-state index is 12.7. The first-order valence-electron chi connectivity index (χ1n) is 8.76. The number of hydrogen-bond donors (Lipinski definition) is 1. The fourth-order valence-electron chi connectivity index (χ4n) is 2.90. The van der Waals surface area contributed by atoms with Crippen LogP contribution in [-0.4, -0.2) is 10.9 Å². The Morgan fingerprint density at radius 2 is 1.69 bits per heavy atom. The van der Waals surface area contributed by atoms with E-state index in [0.717, 1.165) is 11.1 Å². The lowest BCUT2D eigenvalue weighted by Crippen LogP contribution is -2.13. The van der Waals surface area contributed by atoms with E-state index in [2.05, 4.69) is 10.3 Å². The zero-order valence-corrected chi connectivity index (χ0v) is 17.8. The summed E-state index contributed by atoms with van der Waals surface area (Å²) in [6.07, 6.45) is 0. The molecule has 1 heterocycles. The molecule has 146 valence electrons. The summed E-state index contributed by atoms with van der Waals surface area (Å²) in [6, 6.07) is 14.1. The molecule has 4 nitrogen and oxygen atoms in total. The molecule has 1 aromatic heterocycles. The van der Waals surface area contributed by atoms with Crippen molar-refractivity contribution in [3.8, 4) is 11.5 Å². The third kappa shape index (κ3) is 3.97. The van der Waals surface area contributed by atoms with Gasteiger partial charge in [0, 0.05) is 26.9 Å². The van der Waals surface area contributed by atoms with Gasteiger partial charge in [0.05, 0.1) is 5.02 Å². The quantitative estimate of drug-likeness (QED) is 0.359. The molecule has 0 aliphatic rings. The van der Waals surface area contributed by atoms with Crippen LogP contribution in [0.1, 0.15) is 21.5 Å². The highest BCUT2D eigenvalue weighted by molar-refractivity contribution is 6.38. The van der Waals surface area contributed by atoms with Crippen LogP contribution in [0.25, 0.3) is 22.6 Å². The van der Waals surface area contributed by atoms with Crippen molar-refractivity contribution in [2.45, 2.75) is 13.8 Å². The Morgan fingerprint density at radius 1 is 0.931 bits per heavy atom. The van der Waals surface area contributed by atoms with Crippen molar-refractivity contribution in [1.82, 2.24) is 4.98 Å². The fourth-order valence-corrected chi connectivity index (χ4v) is 3.60. The number of oxazole rings is 1. The van der Waals surface area contributed by atoms with E-state index in [-0.39, 0.29) is 5.91 Å². The van der Waals surface area contributed by atoms with Gasteiger partial charge in [-0.2, -0.15) is 0 Å². The van der Waals surface area contributed by atoms with Gasteiger partial charge in [0.2, 0.25) is 5.89 Å². The second-order valence-corrected chi connectivity index (χ2v) is 7.95. The van der Waals surface area contributed by atoms with Gasteiger partial charge in [-0.3, -0.25) is 4.79 Å². The molecule has 0 atom stereocenters. The number of amides is 1. The molecule has 4 rings (SSSR count). The lowest BCUT2D eigenvalue weighted by molar-refractivity contribution is 0.102. The van der Waals surface area contributed by atoms with Gasteiger partial charge in [-0.25, -0.2) is 4.98 Å². The van der Waals surface area contributed by atoms with E-state index >= 15 is 0 Å². The predicted octanol–water partition coefficient (Wildman–Crippen LogP) is 7.32. The number of aromatic nitrogens is 1. The van der Waals surface area contributed by atoms with Crippen molar-refractivity contribution in [1.29, 1.82) is 0 Å². The van der Waals surface area contributed by atoms with Gasteiger partial charge < -0.3 is 9.73 Å². The van der Waals surface area contributed by atoms with E-state index in [9.17, 15) is 4.79 Å². The Kier molecular flexibility index (Phi) is 5.26. The highest BCUT2D eigenvalue weighted by atomic mass is 35.5. The Morgan fingerprint density at radius 3 is 2.45 bits per heavy atom. The predicted molar refractivity (Wildman–Crippen MR) is 118 cm³/mol. The van der Waals surface area contributed by atoms with Gasteiger partial charge in [-0.15, -0.1) is 0 Å². The van der Waals surface area contributed by atoms with Crippen molar-refractivity contribution in [3.05, 3.63) is 80.3 Å². The topological polar surface area (TPSA) is 55.1 Å². The standard InChI is InChI=1S/C22H15Cl3N2O2/c1-11-3-5-13(7-16(11)24)21(28)26-18-8-14(6-4-12(18)2)22-27-19-10-15(23)9-17(25)20(19)29-22/h3-10H,1-2H3,(H,26,28). The van der Waals surface area contributed by atoms with Crippen LogP contribution in [0.4, 0.5) is 5.69 Å². The molecule has 1 amide bonds. The number of aryl methyl sites for hydroxylation is 2. The summed E-state index contributed by atoms with van der Waals surface area (Å²) in [4.78, 5) is 17.1. The summed E-state index contributed by atoms with van der Waals surface area (Å²) in [5.41, 5.74) is 4.68. The average molecular weight is 446 g/mol. The molecule has 0 radical (unpaired) electrons. The van der Waals surface area contributed by atoms with Crippen LogP contribution < -0.4 is 5.32 Å². The number of nitrogens with zero attached hydrogens (tertiary/aromatic N) is 1. The molecule has 0 saturated carbocycles. The van der Waals surface area contributed by atoms with E-state index in [0.29, 0.717) is 48.9 Å². The van der Waals surface area contributed by atoms with Crippen LogP contribution in [0, 0.1) is 13.8 Å². The van der Waals surface area contributed by atoms with E-state index in [1.165, 1.54) is 0 Å². The van der Waals surface area contributed by atoms with Gasteiger partial charge >= 0.3 is 0 Å². The van der Waals surface area contributed by atoms with Crippen LogP contribution in [0.15, 0.2) is 52.9 Å². The van der Waals surface area contributed by atoms with E-state index < -0.39 is 0 Å². The molecule has 4 aromatic rings. The number of hydrogen-bond acceptors (Lipinski definition) is 3.